The zero-order valence-corrected chi connectivity index (χ0v) is 14.3. The number of carbonyl (C=O) groups excluding carboxylic acids is 3. The summed E-state index contributed by atoms with van der Waals surface area (Å²) in [4.78, 5) is 44.0. The Bertz CT molecular complexity index is 789. The third-order valence-electron chi connectivity index (χ3n) is 4.80. The first kappa shape index (κ1) is 16.9. The molecule has 2 aliphatic rings. The first-order valence-electron chi connectivity index (χ1n) is 7.65. The molecule has 1 amide bonds. The van der Waals surface area contributed by atoms with Crippen molar-refractivity contribution in [2.24, 2.45) is 11.1 Å². The Kier molecular flexibility index (Phi) is 3.98. The number of anilines is 1. The minimum Gasteiger partial charge on any atom is -0.468 e. The van der Waals surface area contributed by atoms with Gasteiger partial charge in [-0.05, 0) is 18.6 Å². The van der Waals surface area contributed by atoms with Crippen molar-refractivity contribution in [3.8, 4) is 0 Å². The van der Waals surface area contributed by atoms with E-state index in [9.17, 15) is 14.4 Å². The summed E-state index contributed by atoms with van der Waals surface area (Å²) in [7, 11) is 4.03. The smallest absolute Gasteiger partial charge is 0.351 e. The van der Waals surface area contributed by atoms with E-state index in [4.69, 9.17) is 9.57 Å². The Balaban J connectivity index is 2.13. The number of likely N-dealkylation sites (N-methyl/N-ethyl adjacent to an activating group) is 1. The monoisotopic (exact) mass is 346 g/mol. The Morgan fingerprint density at radius 2 is 1.84 bits per heavy atom. The zero-order valence-electron chi connectivity index (χ0n) is 14.3. The second kappa shape index (κ2) is 5.87. The van der Waals surface area contributed by atoms with Crippen LogP contribution in [0.15, 0.2) is 29.4 Å². The highest BCUT2D eigenvalue weighted by Crippen LogP contribution is 2.45. The van der Waals surface area contributed by atoms with Gasteiger partial charge >= 0.3 is 11.9 Å². The van der Waals surface area contributed by atoms with E-state index in [1.54, 1.807) is 32.2 Å². The average Bonchev–Trinajstić information content (AvgIpc) is 3.17. The van der Waals surface area contributed by atoms with Crippen molar-refractivity contribution >= 4 is 29.2 Å². The van der Waals surface area contributed by atoms with Gasteiger partial charge in [0.15, 0.2) is 5.92 Å². The number of benzene rings is 1. The number of methoxy groups -OCH3 is 2. The third-order valence-corrected chi connectivity index (χ3v) is 4.80. The fourth-order valence-corrected chi connectivity index (χ4v) is 3.43. The van der Waals surface area contributed by atoms with Crippen molar-refractivity contribution in [2.45, 2.75) is 18.4 Å². The van der Waals surface area contributed by atoms with Crippen LogP contribution in [0.5, 0.6) is 0 Å². The molecule has 0 aliphatic carbocycles. The maximum atomic E-state index is 13.0. The van der Waals surface area contributed by atoms with E-state index in [1.165, 1.54) is 19.1 Å². The van der Waals surface area contributed by atoms with Gasteiger partial charge in [0.2, 0.25) is 12.0 Å². The number of para-hydroxylation sites is 1. The number of nitrogens with zero attached hydrogens (tertiary/aromatic N) is 2. The van der Waals surface area contributed by atoms with Gasteiger partial charge in [-0.2, -0.15) is 0 Å². The Morgan fingerprint density at radius 1 is 1.20 bits per heavy atom. The summed E-state index contributed by atoms with van der Waals surface area (Å²) in [6.07, 6.45) is -1.28. The van der Waals surface area contributed by atoms with Crippen molar-refractivity contribution in [1.29, 1.82) is 0 Å². The lowest BCUT2D eigenvalue weighted by Crippen LogP contribution is -2.49. The van der Waals surface area contributed by atoms with Gasteiger partial charge in [-0.15, -0.1) is 0 Å². The molecule has 3 rings (SSSR count). The van der Waals surface area contributed by atoms with Crippen LogP contribution in [0.25, 0.3) is 0 Å². The van der Waals surface area contributed by atoms with E-state index in [0.29, 0.717) is 11.3 Å². The van der Waals surface area contributed by atoms with Crippen molar-refractivity contribution in [1.82, 2.24) is 0 Å². The van der Waals surface area contributed by atoms with Crippen molar-refractivity contribution in [3.63, 3.8) is 0 Å². The summed E-state index contributed by atoms with van der Waals surface area (Å²) in [6, 6.07) is 7.21. The van der Waals surface area contributed by atoms with E-state index < -0.39 is 29.4 Å². The van der Waals surface area contributed by atoms with Gasteiger partial charge in [0, 0.05) is 12.7 Å². The van der Waals surface area contributed by atoms with Crippen LogP contribution in [-0.4, -0.2) is 50.9 Å². The molecule has 8 nitrogen and oxygen atoms in total. The van der Waals surface area contributed by atoms with Gasteiger partial charge in [-0.25, -0.2) is 4.79 Å². The van der Waals surface area contributed by atoms with Crippen LogP contribution in [0.3, 0.4) is 0 Å². The highest BCUT2D eigenvalue weighted by molar-refractivity contribution is 6.27. The Morgan fingerprint density at radius 3 is 2.48 bits per heavy atom. The molecule has 3 atom stereocenters. The Hall–Kier alpha value is -2.90. The summed E-state index contributed by atoms with van der Waals surface area (Å²) in [5, 5.41) is 3.94. The molecule has 0 aromatic heterocycles. The van der Waals surface area contributed by atoms with Crippen molar-refractivity contribution in [2.75, 3.05) is 26.2 Å². The lowest BCUT2D eigenvalue weighted by molar-refractivity contribution is -0.161. The molecule has 0 fully saturated rings. The molecule has 8 heteroatoms. The van der Waals surface area contributed by atoms with E-state index in [0.717, 1.165) is 0 Å². The number of esters is 2. The fraction of sp³-hybridized carbons (Fsp3) is 0.412. The maximum Gasteiger partial charge on any atom is 0.351 e. The lowest BCUT2D eigenvalue weighted by atomic mass is 9.73. The first-order valence-corrected chi connectivity index (χ1v) is 7.65. The molecule has 0 N–H and O–H groups in total. The minimum atomic E-state index is -1.28. The molecule has 0 spiro atoms. The molecule has 0 unspecified atom stereocenters. The van der Waals surface area contributed by atoms with E-state index in [-0.39, 0.29) is 11.6 Å². The zero-order chi connectivity index (χ0) is 18.4. The number of rotatable bonds is 3. The quantitative estimate of drug-likeness (QED) is 0.746. The van der Waals surface area contributed by atoms with Gasteiger partial charge in [0.1, 0.15) is 5.41 Å². The summed E-state index contributed by atoms with van der Waals surface area (Å²) < 4.78 is 9.49. The van der Waals surface area contributed by atoms with Crippen LogP contribution >= 0.6 is 0 Å². The molecule has 1 aromatic rings. The standard InChI is InChI=1S/C17H18N2O6/c1-17(9-7-5-6-8-10(9)19(2)16(17)22)13-11(14(20)23-3)12(25-18-13)15(21)24-4/h5-8,11-12H,1-4H3/t11-,12+,17-/m1/s1. The minimum absolute atomic E-state index is 0.136. The molecule has 2 aliphatic heterocycles. The molecule has 0 saturated carbocycles. The van der Waals surface area contributed by atoms with Crippen LogP contribution in [-0.2, 0) is 34.1 Å². The number of ether oxygens (including phenoxy) is 2. The predicted octanol–water partition coefficient (Wildman–Crippen LogP) is 0.638. The molecular weight excluding hydrogens is 328 g/mol. The number of hydrogen-bond donors (Lipinski definition) is 0. The fourth-order valence-electron chi connectivity index (χ4n) is 3.43. The Labute approximate surface area is 144 Å². The summed E-state index contributed by atoms with van der Waals surface area (Å²) >= 11 is 0. The highest BCUT2D eigenvalue weighted by atomic mass is 16.7. The predicted molar refractivity (Wildman–Crippen MR) is 87.0 cm³/mol. The molecule has 2 heterocycles. The molecule has 0 radical (unpaired) electrons. The van der Waals surface area contributed by atoms with Crippen LogP contribution in [0.1, 0.15) is 12.5 Å². The lowest BCUT2D eigenvalue weighted by Gasteiger charge is -2.26. The number of amides is 1. The summed E-state index contributed by atoms with van der Waals surface area (Å²) in [6.45, 7) is 1.66. The maximum absolute atomic E-state index is 13.0. The molecule has 25 heavy (non-hydrogen) atoms. The van der Waals surface area contributed by atoms with Crippen molar-refractivity contribution in [3.05, 3.63) is 29.8 Å². The normalized spacial score (nSPS) is 27.4. The van der Waals surface area contributed by atoms with E-state index in [2.05, 4.69) is 9.89 Å². The number of carbonyl (C=O) groups is 3. The van der Waals surface area contributed by atoms with Crippen LogP contribution in [0, 0.1) is 5.92 Å². The SMILES string of the molecule is COC(=O)[C@H]1C([C@]2(C)C(=O)N(C)c3ccccc32)=NO[C@@H]1C(=O)OC. The topological polar surface area (TPSA) is 94.5 Å². The second-order valence-electron chi connectivity index (χ2n) is 6.03. The van der Waals surface area contributed by atoms with Crippen LogP contribution in [0.2, 0.25) is 0 Å². The van der Waals surface area contributed by atoms with Gasteiger partial charge in [0.25, 0.3) is 0 Å². The first-order chi connectivity index (χ1) is 11.9. The molecule has 0 bridgehead atoms. The number of fused-ring (bicyclic) bond motifs is 1. The molecular formula is C17H18N2O6. The molecule has 0 saturated heterocycles. The summed E-state index contributed by atoms with van der Waals surface area (Å²) in [5.41, 5.74) is 0.288. The molecule has 132 valence electrons. The average molecular weight is 346 g/mol. The largest absolute Gasteiger partial charge is 0.468 e. The van der Waals surface area contributed by atoms with Gasteiger partial charge in [-0.1, -0.05) is 23.4 Å². The van der Waals surface area contributed by atoms with E-state index >= 15 is 0 Å². The molecule has 1 aromatic carbocycles. The van der Waals surface area contributed by atoms with Crippen LogP contribution in [0.4, 0.5) is 5.69 Å². The summed E-state index contributed by atoms with van der Waals surface area (Å²) in [5.74, 6) is -2.90. The van der Waals surface area contributed by atoms with Gasteiger partial charge < -0.3 is 19.2 Å². The number of oxime groups is 1. The number of hydrogen-bond acceptors (Lipinski definition) is 7. The highest BCUT2D eigenvalue weighted by Gasteiger charge is 2.59. The van der Waals surface area contributed by atoms with Crippen molar-refractivity contribution < 1.29 is 28.7 Å². The van der Waals surface area contributed by atoms with Gasteiger partial charge in [-0.3, -0.25) is 9.59 Å². The third kappa shape index (κ3) is 2.20. The second-order valence-corrected chi connectivity index (χ2v) is 6.03. The van der Waals surface area contributed by atoms with Crippen LogP contribution < -0.4 is 4.90 Å². The van der Waals surface area contributed by atoms with E-state index in [1.807, 2.05) is 6.07 Å². The van der Waals surface area contributed by atoms with Gasteiger partial charge in [0.05, 0.1) is 19.9 Å².